The van der Waals surface area contributed by atoms with Gasteiger partial charge >= 0.3 is 6.18 Å². The fourth-order valence-corrected chi connectivity index (χ4v) is 1.51. The molecule has 0 fully saturated rings. The first-order valence-electron chi connectivity index (χ1n) is 5.13. The van der Waals surface area contributed by atoms with Crippen LogP contribution in [0.4, 0.5) is 18.9 Å². The maximum absolute atomic E-state index is 12.5. The Labute approximate surface area is 111 Å². The third-order valence-electron chi connectivity index (χ3n) is 2.35. The Hall–Kier alpha value is -1.08. The van der Waals surface area contributed by atoms with Crippen molar-refractivity contribution in [2.45, 2.75) is 13.1 Å². The minimum atomic E-state index is -4.44. The van der Waals surface area contributed by atoms with Crippen LogP contribution in [0, 0.1) is 5.92 Å². The van der Waals surface area contributed by atoms with E-state index < -0.39 is 23.6 Å². The number of carbonyl (C=O) groups is 1. The molecule has 1 unspecified atom stereocenters. The molecule has 1 aromatic carbocycles. The van der Waals surface area contributed by atoms with Crippen molar-refractivity contribution < 1.29 is 18.0 Å². The van der Waals surface area contributed by atoms with Crippen molar-refractivity contribution in [1.29, 1.82) is 0 Å². The fraction of sp³-hybridized carbons (Fsp3) is 0.364. The SMILES string of the molecule is CC(CN)C(=O)Nc1cc(C(F)(F)F)ccc1Br. The van der Waals surface area contributed by atoms with Gasteiger partial charge in [0.25, 0.3) is 0 Å². The number of nitrogens with one attached hydrogen (secondary N) is 1. The second kappa shape index (κ2) is 5.71. The van der Waals surface area contributed by atoms with Crippen LogP contribution in [0.3, 0.4) is 0 Å². The van der Waals surface area contributed by atoms with Gasteiger partial charge in [-0.05, 0) is 34.1 Å². The largest absolute Gasteiger partial charge is 0.416 e. The molecular weight excluding hydrogens is 313 g/mol. The van der Waals surface area contributed by atoms with Crippen LogP contribution >= 0.6 is 15.9 Å². The summed E-state index contributed by atoms with van der Waals surface area (Å²) in [5.74, 6) is -0.885. The number of amides is 1. The van der Waals surface area contributed by atoms with Gasteiger partial charge in [0.2, 0.25) is 5.91 Å². The molecular formula is C11H12BrF3N2O. The number of alkyl halides is 3. The lowest BCUT2D eigenvalue weighted by Crippen LogP contribution is -2.27. The van der Waals surface area contributed by atoms with E-state index in [1.165, 1.54) is 6.07 Å². The monoisotopic (exact) mass is 324 g/mol. The molecule has 1 rings (SSSR count). The minimum Gasteiger partial charge on any atom is -0.330 e. The predicted octanol–water partition coefficient (Wildman–Crippen LogP) is 3.00. The van der Waals surface area contributed by atoms with Gasteiger partial charge in [-0.2, -0.15) is 13.2 Å². The second-order valence-corrected chi connectivity index (χ2v) is 4.67. The van der Waals surface area contributed by atoms with Crippen molar-refractivity contribution in [3.63, 3.8) is 0 Å². The highest BCUT2D eigenvalue weighted by molar-refractivity contribution is 9.10. The zero-order chi connectivity index (χ0) is 13.9. The van der Waals surface area contributed by atoms with Crippen molar-refractivity contribution in [3.8, 4) is 0 Å². The summed E-state index contributed by atoms with van der Waals surface area (Å²) in [4.78, 5) is 11.6. The van der Waals surface area contributed by atoms with Gasteiger partial charge in [-0.15, -0.1) is 0 Å². The molecule has 7 heteroatoms. The molecule has 18 heavy (non-hydrogen) atoms. The summed E-state index contributed by atoms with van der Waals surface area (Å²) in [6, 6.07) is 3.06. The first-order valence-corrected chi connectivity index (χ1v) is 5.92. The summed E-state index contributed by atoms with van der Waals surface area (Å²) in [6.45, 7) is 1.72. The van der Waals surface area contributed by atoms with Crippen LogP contribution in [0.25, 0.3) is 0 Å². The molecule has 1 aromatic rings. The summed E-state index contributed by atoms with van der Waals surface area (Å²) in [5, 5.41) is 2.41. The number of anilines is 1. The molecule has 0 heterocycles. The molecule has 0 aliphatic rings. The maximum atomic E-state index is 12.5. The predicted molar refractivity (Wildman–Crippen MR) is 66.0 cm³/mol. The van der Waals surface area contributed by atoms with Crippen LogP contribution in [0.5, 0.6) is 0 Å². The van der Waals surface area contributed by atoms with Crippen molar-refractivity contribution in [1.82, 2.24) is 0 Å². The number of nitrogens with two attached hydrogens (primary N) is 1. The Morgan fingerprint density at radius 1 is 1.50 bits per heavy atom. The van der Waals surface area contributed by atoms with E-state index in [9.17, 15) is 18.0 Å². The standard InChI is InChI=1S/C11H12BrF3N2O/c1-6(5-16)10(18)17-9-4-7(11(13,14)15)2-3-8(9)12/h2-4,6H,5,16H2,1H3,(H,17,18). The lowest BCUT2D eigenvalue weighted by atomic mass is 10.1. The van der Waals surface area contributed by atoms with Crippen LogP contribution in [0.2, 0.25) is 0 Å². The van der Waals surface area contributed by atoms with E-state index in [0.717, 1.165) is 12.1 Å². The topological polar surface area (TPSA) is 55.1 Å². The fourth-order valence-electron chi connectivity index (χ4n) is 1.16. The first kappa shape index (κ1) is 15.0. The van der Waals surface area contributed by atoms with Gasteiger partial charge in [0, 0.05) is 16.9 Å². The molecule has 0 bridgehead atoms. The van der Waals surface area contributed by atoms with E-state index in [1.807, 2.05) is 0 Å². The number of rotatable bonds is 3. The molecule has 0 aliphatic heterocycles. The summed E-state index contributed by atoms with van der Waals surface area (Å²) >= 11 is 3.08. The normalized spacial score (nSPS) is 13.2. The molecule has 3 N–H and O–H groups in total. The Kier molecular flexibility index (Phi) is 4.75. The van der Waals surface area contributed by atoms with Crippen LogP contribution in [0.15, 0.2) is 22.7 Å². The summed E-state index contributed by atoms with van der Waals surface area (Å²) in [5.41, 5.74) is 4.57. The molecule has 0 saturated carbocycles. The number of halogens is 4. The highest BCUT2D eigenvalue weighted by Gasteiger charge is 2.31. The van der Waals surface area contributed by atoms with E-state index >= 15 is 0 Å². The van der Waals surface area contributed by atoms with E-state index in [1.54, 1.807) is 6.92 Å². The molecule has 3 nitrogen and oxygen atoms in total. The van der Waals surface area contributed by atoms with Crippen molar-refractivity contribution >= 4 is 27.5 Å². The molecule has 0 saturated heterocycles. The van der Waals surface area contributed by atoms with Gasteiger partial charge in [-0.1, -0.05) is 6.92 Å². The number of benzene rings is 1. The third-order valence-corrected chi connectivity index (χ3v) is 3.04. The van der Waals surface area contributed by atoms with Crippen LogP contribution in [-0.4, -0.2) is 12.5 Å². The van der Waals surface area contributed by atoms with E-state index in [0.29, 0.717) is 4.47 Å². The molecule has 1 amide bonds. The third kappa shape index (κ3) is 3.71. The van der Waals surface area contributed by atoms with Crippen molar-refractivity contribution in [2.24, 2.45) is 11.7 Å². The first-order chi connectivity index (χ1) is 8.25. The number of hydrogen-bond acceptors (Lipinski definition) is 2. The van der Waals surface area contributed by atoms with Crippen molar-refractivity contribution in [2.75, 3.05) is 11.9 Å². The Balaban J connectivity index is 2.99. The van der Waals surface area contributed by atoms with Gasteiger partial charge in [0.15, 0.2) is 0 Å². The Morgan fingerprint density at radius 3 is 2.61 bits per heavy atom. The van der Waals surface area contributed by atoms with Gasteiger partial charge in [0.1, 0.15) is 0 Å². The maximum Gasteiger partial charge on any atom is 0.416 e. The molecule has 0 aromatic heterocycles. The average Bonchev–Trinajstić information content (AvgIpc) is 2.29. The lowest BCUT2D eigenvalue weighted by Gasteiger charge is -2.13. The van der Waals surface area contributed by atoms with Crippen LogP contribution < -0.4 is 11.1 Å². The van der Waals surface area contributed by atoms with Gasteiger partial charge in [0.05, 0.1) is 11.3 Å². The molecule has 1 atom stereocenters. The molecule has 100 valence electrons. The number of carbonyl (C=O) groups excluding carboxylic acids is 1. The van der Waals surface area contributed by atoms with Gasteiger partial charge in [-0.25, -0.2) is 0 Å². The zero-order valence-corrected chi connectivity index (χ0v) is 11.1. The van der Waals surface area contributed by atoms with E-state index in [4.69, 9.17) is 5.73 Å². The average molecular weight is 325 g/mol. The van der Waals surface area contributed by atoms with E-state index in [-0.39, 0.29) is 12.2 Å². The Bertz CT molecular complexity index is 448. The number of hydrogen-bond donors (Lipinski definition) is 2. The van der Waals surface area contributed by atoms with Gasteiger partial charge < -0.3 is 11.1 Å². The summed E-state index contributed by atoms with van der Waals surface area (Å²) in [6.07, 6.45) is -4.44. The molecule has 0 spiro atoms. The quantitative estimate of drug-likeness (QED) is 0.898. The highest BCUT2D eigenvalue weighted by atomic mass is 79.9. The van der Waals surface area contributed by atoms with E-state index in [2.05, 4.69) is 21.2 Å². The lowest BCUT2D eigenvalue weighted by molar-refractivity contribution is -0.137. The van der Waals surface area contributed by atoms with Crippen molar-refractivity contribution in [3.05, 3.63) is 28.2 Å². The second-order valence-electron chi connectivity index (χ2n) is 3.82. The Morgan fingerprint density at radius 2 is 2.11 bits per heavy atom. The summed E-state index contributed by atoms with van der Waals surface area (Å²) in [7, 11) is 0. The van der Waals surface area contributed by atoms with Crippen LogP contribution in [0.1, 0.15) is 12.5 Å². The summed E-state index contributed by atoms with van der Waals surface area (Å²) < 4.78 is 37.9. The molecule has 0 radical (unpaired) electrons. The zero-order valence-electron chi connectivity index (χ0n) is 9.51. The highest BCUT2D eigenvalue weighted by Crippen LogP contribution is 2.34. The van der Waals surface area contributed by atoms with Gasteiger partial charge in [-0.3, -0.25) is 4.79 Å². The minimum absolute atomic E-state index is 0.0788. The van der Waals surface area contributed by atoms with Crippen LogP contribution in [-0.2, 0) is 11.0 Å². The smallest absolute Gasteiger partial charge is 0.330 e. The molecule has 0 aliphatic carbocycles.